The number of halogens is 5. The molecule has 2 aliphatic carbocycles. The molecule has 1 aromatic heterocycles. The van der Waals surface area contributed by atoms with E-state index >= 15 is 0 Å². The van der Waals surface area contributed by atoms with Crippen LogP contribution in [-0.4, -0.2) is 172 Å². The van der Waals surface area contributed by atoms with Crippen LogP contribution < -0.4 is 30.3 Å². The molecule has 28 heteroatoms. The molecular formula is C73H88ClF4N9O10S4. The van der Waals surface area contributed by atoms with Gasteiger partial charge in [-0.25, -0.2) is 30.9 Å². The number of nitrogens with zero attached hydrogens (tertiary/aromatic N) is 5. The third kappa shape index (κ3) is 19.4. The molecule has 10 rings (SSSR count). The highest BCUT2D eigenvalue weighted by molar-refractivity contribution is 7.99. The van der Waals surface area contributed by atoms with Crippen molar-refractivity contribution in [3.63, 3.8) is 0 Å². The number of sulfone groups is 1. The molecule has 544 valence electrons. The Morgan fingerprint density at radius 3 is 2.23 bits per heavy atom. The Labute approximate surface area is 602 Å². The van der Waals surface area contributed by atoms with Crippen LogP contribution in [-0.2, 0) is 40.8 Å². The summed E-state index contributed by atoms with van der Waals surface area (Å²) in [5.41, 5.74) is -0.375. The maximum atomic E-state index is 14.8. The molecule has 0 radical (unpaired) electrons. The molecule has 0 spiro atoms. The fourth-order valence-corrected chi connectivity index (χ4v) is 16.8. The van der Waals surface area contributed by atoms with E-state index in [0.29, 0.717) is 55.0 Å². The summed E-state index contributed by atoms with van der Waals surface area (Å²) in [6.07, 6.45) is 2.81. The fourth-order valence-electron chi connectivity index (χ4n) is 12.9. The lowest BCUT2D eigenvalue weighted by molar-refractivity contribution is -0.145. The van der Waals surface area contributed by atoms with Crippen molar-refractivity contribution in [2.24, 2.45) is 10.8 Å². The summed E-state index contributed by atoms with van der Waals surface area (Å²) in [4.78, 5) is 66.3. The monoisotopic (exact) mass is 1490 g/mol. The highest BCUT2D eigenvalue weighted by atomic mass is 35.5. The van der Waals surface area contributed by atoms with Gasteiger partial charge in [-0.05, 0) is 166 Å². The normalized spacial score (nSPS) is 18.6. The quantitative estimate of drug-likeness (QED) is 0.0174. The van der Waals surface area contributed by atoms with Gasteiger partial charge in [0.15, 0.2) is 5.67 Å². The Kier molecular flexibility index (Phi) is 24.1. The number of anilines is 2. The lowest BCUT2D eigenvalue weighted by Crippen LogP contribution is -2.59. The van der Waals surface area contributed by atoms with Gasteiger partial charge in [0, 0.05) is 97.3 Å². The number of allylic oxidation sites excluding steroid dienone is 1. The molecule has 101 heavy (non-hydrogen) atoms. The van der Waals surface area contributed by atoms with Crippen LogP contribution >= 0.6 is 34.7 Å². The minimum absolute atomic E-state index is 0.0350. The van der Waals surface area contributed by atoms with Crippen LogP contribution in [0, 0.1) is 17.8 Å². The van der Waals surface area contributed by atoms with Crippen molar-refractivity contribution >= 4 is 95.1 Å². The number of β-amino-alcohol motifs (C(OH)–C–C–N with tert-alkyl or cyclic N) is 1. The number of likely N-dealkylation sites (tertiary alicyclic amines) is 1. The van der Waals surface area contributed by atoms with E-state index in [9.17, 15) is 58.7 Å². The number of aromatic nitrogens is 1. The van der Waals surface area contributed by atoms with E-state index in [1.54, 1.807) is 38.4 Å². The molecule has 4 amide bonds. The molecular weight excluding hydrogens is 1400 g/mol. The van der Waals surface area contributed by atoms with E-state index in [0.717, 1.165) is 77.7 Å². The Morgan fingerprint density at radius 1 is 0.881 bits per heavy atom. The predicted molar refractivity (Wildman–Crippen MR) is 387 cm³/mol. The number of alkyl halides is 4. The molecule has 6 aromatic rings. The topological polar surface area (TPSA) is 240 Å². The highest BCUT2D eigenvalue weighted by Crippen LogP contribution is 2.44. The molecule has 4 aliphatic rings. The van der Waals surface area contributed by atoms with Gasteiger partial charge in [0.1, 0.15) is 22.7 Å². The van der Waals surface area contributed by atoms with Crippen molar-refractivity contribution in [3.8, 4) is 16.2 Å². The summed E-state index contributed by atoms with van der Waals surface area (Å²) in [6.45, 7) is 16.2. The molecule has 3 heterocycles. The second kappa shape index (κ2) is 31.9. The van der Waals surface area contributed by atoms with Gasteiger partial charge in [-0.3, -0.25) is 24.1 Å². The van der Waals surface area contributed by atoms with Gasteiger partial charge in [-0.15, -0.1) is 23.1 Å². The zero-order valence-electron chi connectivity index (χ0n) is 57.7. The van der Waals surface area contributed by atoms with Gasteiger partial charge < -0.3 is 40.5 Å². The summed E-state index contributed by atoms with van der Waals surface area (Å²) in [5.74, 6) is -2.44. The minimum atomic E-state index is -6.21. The number of hydrogen-bond acceptors (Lipinski definition) is 17. The fraction of sp³-hybridized carbons (Fsp3) is 0.466. The summed E-state index contributed by atoms with van der Waals surface area (Å²) >= 11 is 9.05. The maximum absolute atomic E-state index is 14.8. The average Bonchev–Trinajstić information content (AvgIpc) is 1.09. The number of thioether (sulfide) groups is 1. The SMILES string of the molecule is Cc1ncsc1-c1ccc(CNC(=O)[C@@H]2C[C@@H](O)CN2C(=O)[C@@H](NC(=O)C2(F)CC2)C(C)(C)C)c(OCCCN(C)CC[C@H](CSc2ccccc2)Nc2ccc(S(=O)(=O)NC(=O)c3ccc(N4CCN(CC5=C(c6ccc(Cl)cc6)CCC(C)(C)C5)CC4)cc3)cc2S(=O)(=O)C(F)(F)F)c1. The van der Waals surface area contributed by atoms with Gasteiger partial charge >= 0.3 is 5.51 Å². The second-order valence-corrected chi connectivity index (χ2v) is 34.5. The van der Waals surface area contributed by atoms with Crippen molar-refractivity contribution in [1.82, 2.24) is 35.0 Å². The number of hydrogen-bond donors (Lipinski definition) is 5. The second-order valence-electron chi connectivity index (χ2n) is 28.5. The Balaban J connectivity index is 0.770. The first-order valence-corrected chi connectivity index (χ1v) is 39.0. The number of piperazine rings is 1. The van der Waals surface area contributed by atoms with Crippen molar-refractivity contribution in [2.75, 3.05) is 82.0 Å². The van der Waals surface area contributed by atoms with Crippen molar-refractivity contribution in [1.29, 1.82) is 0 Å². The molecule has 0 bridgehead atoms. The average molecular weight is 1490 g/mol. The van der Waals surface area contributed by atoms with Crippen LogP contribution in [0.25, 0.3) is 16.0 Å². The smallest absolute Gasteiger partial charge is 0.493 e. The van der Waals surface area contributed by atoms with E-state index in [1.807, 2.05) is 84.3 Å². The summed E-state index contributed by atoms with van der Waals surface area (Å²) in [5, 5.41) is 20.0. The number of sulfonamides is 1. The summed E-state index contributed by atoms with van der Waals surface area (Å²) in [6, 6.07) is 28.4. The first kappa shape index (κ1) is 76.5. The first-order chi connectivity index (χ1) is 47.7. The van der Waals surface area contributed by atoms with Crippen molar-refractivity contribution in [2.45, 2.75) is 150 Å². The molecule has 4 atom stereocenters. The Morgan fingerprint density at radius 2 is 1.57 bits per heavy atom. The van der Waals surface area contributed by atoms with Crippen molar-refractivity contribution in [3.05, 3.63) is 154 Å². The van der Waals surface area contributed by atoms with E-state index in [-0.39, 0.29) is 62.1 Å². The summed E-state index contributed by atoms with van der Waals surface area (Å²) < 4.78 is 122. The number of amides is 4. The van der Waals surface area contributed by atoms with E-state index < -0.39 is 99.8 Å². The van der Waals surface area contributed by atoms with Gasteiger partial charge in [0.05, 0.1) is 39.4 Å². The minimum Gasteiger partial charge on any atom is -0.493 e. The molecule has 2 aliphatic heterocycles. The summed E-state index contributed by atoms with van der Waals surface area (Å²) in [7, 11) is -9.33. The standard InChI is InChI=1S/C73H88ClF4N9O10S4/c1-47-64(99-46-80-47)50-14-15-51(42-79-67(90)61-39-56(88)44-87(61)68(91)65(70(2,3)4)82-69(92)72(75)29-30-72)62(38-50)97-37-11-31-84(7)32-27-54(45-98-57-12-9-8-10-13-57)81-60-25-24-58(40-63(60)100(93,94)73(76,77)78)101(95,96)83-66(89)49-18-22-55(23-19-49)86-35-33-85(34-36-86)43-52-41-71(5,6)28-26-59(52)48-16-20-53(74)21-17-48/h8-10,12-25,38,40,46,54,56,61,65,81,88H,11,26-37,39,41-45H2,1-7H3,(H,79,90)(H,82,92)(H,83,89)/t54-,56-,61+,65-/m1/s1. The highest BCUT2D eigenvalue weighted by Gasteiger charge is 2.54. The molecule has 19 nitrogen and oxygen atoms in total. The van der Waals surface area contributed by atoms with E-state index in [1.165, 1.54) is 56.8 Å². The molecule has 0 unspecified atom stereocenters. The number of carbonyl (C=O) groups excluding carboxylic acids is 4. The predicted octanol–water partition coefficient (Wildman–Crippen LogP) is 11.9. The number of aliphatic hydroxyl groups excluding tert-OH is 1. The number of nitrogens with one attached hydrogen (secondary N) is 4. The van der Waals surface area contributed by atoms with Gasteiger partial charge in [-0.1, -0.05) is 94.3 Å². The molecule has 2 saturated heterocycles. The van der Waals surface area contributed by atoms with Crippen LogP contribution in [0.15, 0.2) is 141 Å². The van der Waals surface area contributed by atoms with Crippen molar-refractivity contribution < 1.29 is 63.4 Å². The zero-order valence-corrected chi connectivity index (χ0v) is 61.7. The maximum Gasteiger partial charge on any atom is 0.501 e. The largest absolute Gasteiger partial charge is 0.501 e. The van der Waals surface area contributed by atoms with E-state index in [2.05, 4.69) is 56.7 Å². The lowest BCUT2D eigenvalue weighted by Gasteiger charge is -2.39. The molecule has 3 fully saturated rings. The van der Waals surface area contributed by atoms with Crippen LogP contribution in [0.5, 0.6) is 5.75 Å². The van der Waals surface area contributed by atoms with Crippen LogP contribution in [0.3, 0.4) is 0 Å². The first-order valence-electron chi connectivity index (χ1n) is 33.8. The van der Waals surface area contributed by atoms with Gasteiger partial charge in [-0.2, -0.15) is 13.2 Å². The molecule has 5 aromatic carbocycles. The lowest BCUT2D eigenvalue weighted by atomic mass is 9.73. The Hall–Kier alpha value is -7.11. The number of aliphatic hydroxyl groups is 1. The van der Waals surface area contributed by atoms with Crippen LogP contribution in [0.4, 0.5) is 28.9 Å². The number of benzene rings is 5. The molecule has 1 saturated carbocycles. The van der Waals surface area contributed by atoms with Crippen LogP contribution in [0.2, 0.25) is 5.02 Å². The van der Waals surface area contributed by atoms with Gasteiger partial charge in [0.25, 0.3) is 31.7 Å². The third-order valence-electron chi connectivity index (χ3n) is 19.0. The number of aryl methyl sites for hydroxylation is 1. The van der Waals surface area contributed by atoms with E-state index in [4.69, 9.17) is 16.3 Å². The number of ether oxygens (including phenoxy) is 1. The number of rotatable bonds is 28. The van der Waals surface area contributed by atoms with Crippen LogP contribution in [0.1, 0.15) is 113 Å². The number of thiazole rings is 1. The Bertz CT molecular complexity index is 4220. The molecule has 5 N–H and O–H groups in total. The third-order valence-corrected chi connectivity index (χ3v) is 24.2. The van der Waals surface area contributed by atoms with Gasteiger partial charge in [0.2, 0.25) is 11.8 Å². The zero-order chi connectivity index (χ0) is 72.8. The number of carbonyl (C=O) groups is 4.